The summed E-state index contributed by atoms with van der Waals surface area (Å²) in [6.45, 7) is 4.54. The van der Waals surface area contributed by atoms with E-state index >= 15 is 0 Å². The van der Waals surface area contributed by atoms with Gasteiger partial charge in [-0.25, -0.2) is 0 Å². The zero-order chi connectivity index (χ0) is 13.7. The summed E-state index contributed by atoms with van der Waals surface area (Å²) in [4.78, 5) is 0. The molecule has 106 valence electrons. The first-order chi connectivity index (χ1) is 9.18. The number of hydrogen-bond acceptors (Lipinski definition) is 1. The van der Waals surface area contributed by atoms with Crippen LogP contribution in [0.2, 0.25) is 0 Å². The molecule has 1 saturated carbocycles. The van der Waals surface area contributed by atoms with Crippen LogP contribution in [-0.2, 0) is 12.0 Å². The first kappa shape index (κ1) is 14.6. The maximum Gasteiger partial charge on any atom is 0.0409 e. The molecule has 0 aliphatic heterocycles. The summed E-state index contributed by atoms with van der Waals surface area (Å²) in [6, 6.07) is 9.10. The maximum absolute atomic E-state index is 6.72. The van der Waals surface area contributed by atoms with Crippen molar-refractivity contribution < 1.29 is 0 Å². The van der Waals surface area contributed by atoms with Gasteiger partial charge >= 0.3 is 0 Å². The van der Waals surface area contributed by atoms with E-state index in [9.17, 15) is 0 Å². The number of hydrogen-bond donors (Lipinski definition) is 1. The third-order valence-electron chi connectivity index (χ3n) is 4.88. The lowest BCUT2D eigenvalue weighted by atomic mass is 9.83. The second-order valence-electron chi connectivity index (χ2n) is 6.31. The van der Waals surface area contributed by atoms with Gasteiger partial charge in [-0.1, -0.05) is 63.8 Å². The van der Waals surface area contributed by atoms with Crippen molar-refractivity contribution >= 4 is 0 Å². The summed E-state index contributed by atoms with van der Waals surface area (Å²) in [5.74, 6) is 0.893. The molecule has 2 rings (SSSR count). The van der Waals surface area contributed by atoms with E-state index in [2.05, 4.69) is 38.1 Å². The molecule has 1 aromatic rings. The highest BCUT2D eigenvalue weighted by molar-refractivity contribution is 5.28. The minimum atomic E-state index is -0.0747. The zero-order valence-corrected chi connectivity index (χ0v) is 12.6. The minimum absolute atomic E-state index is 0.0747. The Morgan fingerprint density at radius 3 is 2.47 bits per heavy atom. The fourth-order valence-electron chi connectivity index (χ4n) is 3.43. The summed E-state index contributed by atoms with van der Waals surface area (Å²) >= 11 is 0. The monoisotopic (exact) mass is 259 g/mol. The van der Waals surface area contributed by atoms with Crippen LogP contribution in [0.5, 0.6) is 0 Å². The standard InChI is InChI=1S/C18H29N/c1-3-6-16-8-10-17(11-9-16)18(19)13-5-7-15(4-2)12-14-18/h8-11,15H,3-7,12-14,19H2,1-2H3. The Morgan fingerprint density at radius 1 is 1.11 bits per heavy atom. The van der Waals surface area contributed by atoms with Crippen molar-refractivity contribution in [2.75, 3.05) is 0 Å². The van der Waals surface area contributed by atoms with Crippen molar-refractivity contribution in [1.82, 2.24) is 0 Å². The number of aryl methyl sites for hydroxylation is 1. The molecule has 1 nitrogen and oxygen atoms in total. The Morgan fingerprint density at radius 2 is 1.84 bits per heavy atom. The topological polar surface area (TPSA) is 26.0 Å². The summed E-state index contributed by atoms with van der Waals surface area (Å²) in [6.07, 6.45) is 9.95. The number of nitrogens with two attached hydrogens (primary N) is 1. The lowest BCUT2D eigenvalue weighted by molar-refractivity contribution is 0.371. The Kier molecular flexibility index (Phi) is 5.04. The van der Waals surface area contributed by atoms with Gasteiger partial charge in [-0.05, 0) is 42.7 Å². The molecule has 0 heterocycles. The fraction of sp³-hybridized carbons (Fsp3) is 0.667. The average Bonchev–Trinajstić information content (AvgIpc) is 2.63. The molecular weight excluding hydrogens is 230 g/mol. The van der Waals surface area contributed by atoms with Crippen LogP contribution < -0.4 is 5.73 Å². The van der Waals surface area contributed by atoms with Crippen LogP contribution >= 0.6 is 0 Å². The lowest BCUT2D eigenvalue weighted by Crippen LogP contribution is -2.36. The van der Waals surface area contributed by atoms with Crippen LogP contribution in [0.3, 0.4) is 0 Å². The van der Waals surface area contributed by atoms with Crippen molar-refractivity contribution in [2.24, 2.45) is 11.7 Å². The molecule has 19 heavy (non-hydrogen) atoms. The number of rotatable bonds is 4. The second kappa shape index (κ2) is 6.56. The molecule has 1 aliphatic rings. The molecular formula is C18H29N. The van der Waals surface area contributed by atoms with Gasteiger partial charge in [-0.3, -0.25) is 0 Å². The Labute approximate surface area is 118 Å². The van der Waals surface area contributed by atoms with Gasteiger partial charge in [0.2, 0.25) is 0 Å². The van der Waals surface area contributed by atoms with Gasteiger partial charge in [0.15, 0.2) is 0 Å². The van der Waals surface area contributed by atoms with Crippen molar-refractivity contribution in [3.63, 3.8) is 0 Å². The highest BCUT2D eigenvalue weighted by atomic mass is 14.7. The smallest absolute Gasteiger partial charge is 0.0409 e. The van der Waals surface area contributed by atoms with Crippen molar-refractivity contribution in [3.05, 3.63) is 35.4 Å². The van der Waals surface area contributed by atoms with E-state index in [0.29, 0.717) is 0 Å². The third-order valence-corrected chi connectivity index (χ3v) is 4.88. The van der Waals surface area contributed by atoms with Crippen LogP contribution in [-0.4, -0.2) is 0 Å². The van der Waals surface area contributed by atoms with Crippen LogP contribution in [0.1, 0.15) is 69.9 Å². The average molecular weight is 259 g/mol. The normalized spacial score (nSPS) is 28.1. The number of benzene rings is 1. The molecule has 0 radical (unpaired) electrons. The maximum atomic E-state index is 6.72. The van der Waals surface area contributed by atoms with Gasteiger partial charge in [-0.2, -0.15) is 0 Å². The molecule has 0 spiro atoms. The van der Waals surface area contributed by atoms with Gasteiger partial charge in [0, 0.05) is 5.54 Å². The van der Waals surface area contributed by atoms with Gasteiger partial charge in [0.25, 0.3) is 0 Å². The van der Waals surface area contributed by atoms with Crippen molar-refractivity contribution in [2.45, 2.75) is 70.8 Å². The third kappa shape index (κ3) is 3.60. The highest BCUT2D eigenvalue weighted by Crippen LogP contribution is 2.36. The SMILES string of the molecule is CCCc1ccc(C2(N)CCCC(CC)CC2)cc1. The molecule has 1 aliphatic carbocycles. The summed E-state index contributed by atoms with van der Waals surface area (Å²) in [7, 11) is 0. The molecule has 0 saturated heterocycles. The first-order valence-corrected chi connectivity index (χ1v) is 8.06. The van der Waals surface area contributed by atoms with Crippen LogP contribution in [0.4, 0.5) is 0 Å². The molecule has 0 amide bonds. The predicted octanol–water partition coefficient (Wildman–Crippen LogP) is 4.78. The second-order valence-corrected chi connectivity index (χ2v) is 6.31. The van der Waals surface area contributed by atoms with E-state index in [-0.39, 0.29) is 5.54 Å². The van der Waals surface area contributed by atoms with Gasteiger partial charge < -0.3 is 5.73 Å². The first-order valence-electron chi connectivity index (χ1n) is 8.06. The predicted molar refractivity (Wildman–Crippen MR) is 83.2 cm³/mol. The molecule has 0 bridgehead atoms. The summed E-state index contributed by atoms with van der Waals surface area (Å²) < 4.78 is 0. The van der Waals surface area contributed by atoms with E-state index in [4.69, 9.17) is 5.73 Å². The molecule has 1 heteroatoms. The summed E-state index contributed by atoms with van der Waals surface area (Å²) in [5.41, 5.74) is 9.44. The molecule has 2 atom stereocenters. The van der Waals surface area contributed by atoms with Crippen LogP contribution in [0, 0.1) is 5.92 Å². The lowest BCUT2D eigenvalue weighted by Gasteiger charge is -2.29. The Bertz CT molecular complexity index is 381. The van der Waals surface area contributed by atoms with E-state index in [0.717, 1.165) is 18.8 Å². The molecule has 2 unspecified atom stereocenters. The molecule has 0 aromatic heterocycles. The Balaban J connectivity index is 2.10. The molecule has 1 aromatic carbocycles. The fourth-order valence-corrected chi connectivity index (χ4v) is 3.43. The van der Waals surface area contributed by atoms with Crippen LogP contribution in [0.25, 0.3) is 0 Å². The van der Waals surface area contributed by atoms with E-state index in [1.54, 1.807) is 0 Å². The molecule has 1 fully saturated rings. The van der Waals surface area contributed by atoms with Crippen molar-refractivity contribution in [3.8, 4) is 0 Å². The minimum Gasteiger partial charge on any atom is -0.321 e. The largest absolute Gasteiger partial charge is 0.321 e. The zero-order valence-electron chi connectivity index (χ0n) is 12.6. The summed E-state index contributed by atoms with van der Waals surface area (Å²) in [5, 5.41) is 0. The highest BCUT2D eigenvalue weighted by Gasteiger charge is 2.30. The Hall–Kier alpha value is -0.820. The van der Waals surface area contributed by atoms with Gasteiger partial charge in [0.05, 0.1) is 0 Å². The van der Waals surface area contributed by atoms with E-state index < -0.39 is 0 Å². The van der Waals surface area contributed by atoms with Gasteiger partial charge in [0.1, 0.15) is 0 Å². The molecule has 2 N–H and O–H groups in total. The van der Waals surface area contributed by atoms with Crippen molar-refractivity contribution in [1.29, 1.82) is 0 Å². The quantitative estimate of drug-likeness (QED) is 0.773. The van der Waals surface area contributed by atoms with E-state index in [1.165, 1.54) is 49.7 Å². The van der Waals surface area contributed by atoms with E-state index in [1.807, 2.05) is 0 Å². The van der Waals surface area contributed by atoms with Gasteiger partial charge in [-0.15, -0.1) is 0 Å². The van der Waals surface area contributed by atoms with Crippen LogP contribution in [0.15, 0.2) is 24.3 Å².